The van der Waals surface area contributed by atoms with E-state index in [0.29, 0.717) is 16.6 Å². The quantitative estimate of drug-likeness (QED) is 0.750. The lowest BCUT2D eigenvalue weighted by Crippen LogP contribution is -2.34. The molecule has 0 unspecified atom stereocenters. The van der Waals surface area contributed by atoms with Crippen molar-refractivity contribution in [2.45, 2.75) is 13.5 Å². The van der Waals surface area contributed by atoms with Gasteiger partial charge in [-0.1, -0.05) is 18.1 Å². The highest BCUT2D eigenvalue weighted by Gasteiger charge is 2.14. The number of amides is 1. The summed E-state index contributed by atoms with van der Waals surface area (Å²) in [6, 6.07) is 8.29. The molecule has 0 radical (unpaired) electrons. The molecule has 1 amide bonds. The van der Waals surface area contributed by atoms with Crippen LogP contribution in [0.1, 0.15) is 12.5 Å². The highest BCUT2D eigenvalue weighted by molar-refractivity contribution is 7.07. The van der Waals surface area contributed by atoms with Gasteiger partial charge in [-0.25, -0.2) is 0 Å². The third kappa shape index (κ3) is 3.97. The summed E-state index contributed by atoms with van der Waals surface area (Å²) in [6.45, 7) is 2.06. The number of carbonyl (C=O) groups excluding carboxylic acids is 1. The van der Waals surface area contributed by atoms with Gasteiger partial charge in [0, 0.05) is 6.54 Å². The van der Waals surface area contributed by atoms with E-state index in [1.807, 2.05) is 6.07 Å². The highest BCUT2D eigenvalue weighted by atomic mass is 32.1. The molecule has 0 saturated heterocycles. The van der Waals surface area contributed by atoms with Gasteiger partial charge in [0.25, 0.3) is 11.5 Å². The van der Waals surface area contributed by atoms with Crippen molar-refractivity contribution in [3.63, 3.8) is 0 Å². The monoisotopic (exact) mass is 353 g/mol. The third-order valence-electron chi connectivity index (χ3n) is 3.30. The van der Waals surface area contributed by atoms with E-state index in [1.165, 1.54) is 16.7 Å². The molecule has 0 bridgehead atoms. The number of carbonyl (C=O) groups is 1. The maximum Gasteiger partial charge on any atom is 0.269 e. The van der Waals surface area contributed by atoms with E-state index >= 15 is 0 Å². The van der Waals surface area contributed by atoms with Crippen LogP contribution in [0.2, 0.25) is 0 Å². The summed E-state index contributed by atoms with van der Waals surface area (Å²) in [5.74, 6) is 1.73. The van der Waals surface area contributed by atoms with Crippen LogP contribution < -0.4 is 20.1 Å². The largest absolute Gasteiger partial charge is 0.508 e. The average molecular weight is 353 g/mol. The van der Waals surface area contributed by atoms with E-state index in [-0.39, 0.29) is 28.1 Å². The van der Waals surface area contributed by atoms with Crippen molar-refractivity contribution >= 4 is 28.9 Å². The van der Waals surface area contributed by atoms with Crippen LogP contribution in [-0.2, 0) is 11.3 Å². The Bertz CT molecular complexity index is 1060. The van der Waals surface area contributed by atoms with Gasteiger partial charge in [0.05, 0.1) is 11.1 Å². The second-order valence-electron chi connectivity index (χ2n) is 4.93. The fraction of sp³-hybridized carbons (Fsp3) is 0.167. The number of nitrogens with one attached hydrogen (secondary N) is 1. The van der Waals surface area contributed by atoms with Crippen LogP contribution in [0.4, 0.5) is 0 Å². The van der Waals surface area contributed by atoms with E-state index in [4.69, 9.17) is 6.42 Å². The number of thiazole rings is 1. The van der Waals surface area contributed by atoms with Gasteiger partial charge in [-0.05, 0) is 30.7 Å². The molecule has 0 aliphatic carbocycles. The zero-order valence-corrected chi connectivity index (χ0v) is 14.3. The van der Waals surface area contributed by atoms with E-state index in [2.05, 4.69) is 11.2 Å². The smallest absolute Gasteiger partial charge is 0.269 e. The minimum atomic E-state index is -0.618. The topological polar surface area (TPSA) is 95.1 Å². The Kier molecular flexibility index (Phi) is 5.78. The van der Waals surface area contributed by atoms with Gasteiger partial charge in [0.2, 0.25) is 0 Å². The number of nitriles is 1. The Hall–Kier alpha value is -3.29. The molecule has 7 heteroatoms. The Morgan fingerprint density at radius 3 is 2.88 bits per heavy atom. The van der Waals surface area contributed by atoms with Crippen molar-refractivity contribution < 1.29 is 9.90 Å². The van der Waals surface area contributed by atoms with E-state index < -0.39 is 5.91 Å². The Balaban J connectivity index is 2.72. The first-order valence-electron chi connectivity index (χ1n) is 7.38. The molecule has 1 aromatic heterocycles. The minimum Gasteiger partial charge on any atom is -0.508 e. The Labute approximate surface area is 148 Å². The van der Waals surface area contributed by atoms with Crippen molar-refractivity contribution in [2.24, 2.45) is 0 Å². The fourth-order valence-corrected chi connectivity index (χ4v) is 3.34. The summed E-state index contributed by atoms with van der Waals surface area (Å²) in [5, 5.41) is 21.3. The molecule has 0 aliphatic heterocycles. The van der Waals surface area contributed by atoms with Gasteiger partial charge in [-0.15, -0.1) is 17.8 Å². The summed E-state index contributed by atoms with van der Waals surface area (Å²) in [6.07, 6.45) is 6.71. The molecular weight excluding hydrogens is 338 g/mol. The number of benzene rings is 1. The molecule has 2 rings (SSSR count). The predicted molar refractivity (Wildman–Crippen MR) is 96.0 cm³/mol. The molecule has 0 spiro atoms. The van der Waals surface area contributed by atoms with Crippen molar-refractivity contribution in [3.05, 3.63) is 49.4 Å². The molecule has 0 aliphatic rings. The molecule has 1 aromatic carbocycles. The number of rotatable bonds is 4. The second-order valence-corrected chi connectivity index (χ2v) is 5.96. The normalized spacial score (nSPS) is 12.2. The lowest BCUT2D eigenvalue weighted by atomic mass is 10.2. The predicted octanol–water partition coefficient (Wildman–Crippen LogP) is -0.112. The molecule has 2 N–H and O–H groups in total. The Morgan fingerprint density at radius 1 is 1.52 bits per heavy atom. The van der Waals surface area contributed by atoms with Crippen LogP contribution in [0.5, 0.6) is 5.75 Å². The summed E-state index contributed by atoms with van der Waals surface area (Å²) in [5.41, 5.74) is 0.182. The highest BCUT2D eigenvalue weighted by Crippen LogP contribution is 2.10. The summed E-state index contributed by atoms with van der Waals surface area (Å²) in [4.78, 5) is 24.7. The molecule has 126 valence electrons. The van der Waals surface area contributed by atoms with Crippen molar-refractivity contribution in [2.75, 3.05) is 6.54 Å². The minimum absolute atomic E-state index is 0.00593. The maximum absolute atomic E-state index is 12.6. The van der Waals surface area contributed by atoms with Crippen LogP contribution in [0.3, 0.4) is 0 Å². The van der Waals surface area contributed by atoms with Crippen molar-refractivity contribution in [3.8, 4) is 24.2 Å². The molecular formula is C18H15N3O3S. The Morgan fingerprint density at radius 2 is 2.28 bits per heavy atom. The van der Waals surface area contributed by atoms with Gasteiger partial charge in [0.15, 0.2) is 5.57 Å². The lowest BCUT2D eigenvalue weighted by Gasteiger charge is -2.00. The average Bonchev–Trinajstić information content (AvgIpc) is 2.89. The number of aromatic hydroxyl groups is 1. The molecule has 6 nitrogen and oxygen atoms in total. The van der Waals surface area contributed by atoms with Gasteiger partial charge < -0.3 is 10.4 Å². The van der Waals surface area contributed by atoms with E-state index in [1.54, 1.807) is 25.1 Å². The first kappa shape index (κ1) is 18.1. The fourth-order valence-electron chi connectivity index (χ4n) is 2.17. The number of terminal acetylenes is 1. The number of nitrogens with zero attached hydrogens (tertiary/aromatic N) is 2. The number of hydrogen-bond donors (Lipinski definition) is 2. The van der Waals surface area contributed by atoms with Gasteiger partial charge in [-0.3, -0.25) is 14.2 Å². The van der Waals surface area contributed by atoms with Crippen LogP contribution in [0.25, 0.3) is 11.6 Å². The van der Waals surface area contributed by atoms with Crippen LogP contribution >= 0.6 is 11.3 Å². The molecule has 2 aromatic rings. The summed E-state index contributed by atoms with van der Waals surface area (Å²) in [7, 11) is 0. The molecule has 0 saturated carbocycles. The van der Waals surface area contributed by atoms with Gasteiger partial charge in [-0.2, -0.15) is 5.26 Å². The van der Waals surface area contributed by atoms with Crippen molar-refractivity contribution in [1.29, 1.82) is 5.26 Å². The van der Waals surface area contributed by atoms with E-state index in [0.717, 1.165) is 11.3 Å². The number of aromatic nitrogens is 1. The number of phenolic OH excluding ortho intramolecular Hbond substituents is 1. The van der Waals surface area contributed by atoms with E-state index in [9.17, 15) is 20.0 Å². The standard InChI is InChI=1S/C18H15N3O3S/c1-3-8-20-16(23)14(11-19)18-21(4-2)17(24)15(25-18)10-12-6-5-7-13(22)9-12/h1,5-7,9-10,22H,4,8H2,2H3,(H,20,23)/b15-10?,18-14-. The molecule has 1 heterocycles. The van der Waals surface area contributed by atoms with Gasteiger partial charge >= 0.3 is 0 Å². The summed E-state index contributed by atoms with van der Waals surface area (Å²) < 4.78 is 2.00. The van der Waals surface area contributed by atoms with Crippen LogP contribution in [0.15, 0.2) is 29.1 Å². The third-order valence-corrected chi connectivity index (χ3v) is 4.43. The molecule has 0 fully saturated rings. The van der Waals surface area contributed by atoms with Crippen molar-refractivity contribution in [1.82, 2.24) is 9.88 Å². The molecule has 0 atom stereocenters. The zero-order valence-electron chi connectivity index (χ0n) is 13.4. The maximum atomic E-state index is 12.6. The lowest BCUT2D eigenvalue weighted by molar-refractivity contribution is -0.115. The van der Waals surface area contributed by atoms with Crippen LogP contribution in [0, 0.1) is 23.7 Å². The van der Waals surface area contributed by atoms with Crippen LogP contribution in [-0.4, -0.2) is 22.1 Å². The first-order valence-corrected chi connectivity index (χ1v) is 8.20. The van der Waals surface area contributed by atoms with Gasteiger partial charge in [0.1, 0.15) is 16.5 Å². The number of phenols is 1. The summed E-state index contributed by atoms with van der Waals surface area (Å²) >= 11 is 1.05. The first-order chi connectivity index (χ1) is 12.0. The molecule has 25 heavy (non-hydrogen) atoms. The zero-order chi connectivity index (χ0) is 18.4. The number of hydrogen-bond acceptors (Lipinski definition) is 5. The second kappa shape index (κ2) is 8.00. The SMILES string of the molecule is C#CCNC(=O)/C(C#N)=c1\sc(=Cc2cccc(O)c2)c(=O)n1CC.